The van der Waals surface area contributed by atoms with Gasteiger partial charge in [0, 0.05) is 11.8 Å². The average molecular weight is 230 g/mol. The van der Waals surface area contributed by atoms with E-state index in [2.05, 4.69) is 4.98 Å². The molecule has 0 aliphatic carbocycles. The quantitative estimate of drug-likeness (QED) is 0.875. The minimum atomic E-state index is 0.398. The van der Waals surface area contributed by atoms with Gasteiger partial charge >= 0.3 is 0 Å². The molecule has 0 saturated heterocycles. The van der Waals surface area contributed by atoms with Crippen molar-refractivity contribution in [2.75, 3.05) is 12.8 Å². The Balaban J connectivity index is 2.10. The highest BCUT2D eigenvalue weighted by molar-refractivity contribution is 5.44. The van der Waals surface area contributed by atoms with Crippen LogP contribution in [-0.4, -0.2) is 12.1 Å². The second kappa shape index (κ2) is 5.21. The molecule has 0 saturated carbocycles. The average Bonchev–Trinajstić information content (AvgIpc) is 2.38. The molecule has 2 N–H and O–H groups in total. The molecule has 17 heavy (non-hydrogen) atoms. The van der Waals surface area contributed by atoms with Gasteiger partial charge in [-0.2, -0.15) is 0 Å². The largest absolute Gasteiger partial charge is 0.493 e. The number of anilines is 1. The highest BCUT2D eigenvalue weighted by Gasteiger charge is 2.04. The maximum absolute atomic E-state index is 5.78. The number of nitrogens with zero attached hydrogens (tertiary/aromatic N) is 1. The topological polar surface area (TPSA) is 57.4 Å². The first kappa shape index (κ1) is 11.3. The van der Waals surface area contributed by atoms with Gasteiger partial charge in [-0.3, -0.25) is 4.98 Å². The molecule has 0 aliphatic heterocycles. The first-order valence-corrected chi connectivity index (χ1v) is 5.25. The highest BCUT2D eigenvalue weighted by Crippen LogP contribution is 2.27. The molecule has 0 radical (unpaired) electrons. The molecule has 0 atom stereocenters. The second-order valence-electron chi connectivity index (χ2n) is 3.51. The maximum Gasteiger partial charge on any atom is 0.161 e. The molecule has 0 bridgehead atoms. The van der Waals surface area contributed by atoms with Crippen molar-refractivity contribution in [1.82, 2.24) is 4.98 Å². The molecule has 0 unspecified atom stereocenters. The van der Waals surface area contributed by atoms with Crippen LogP contribution in [0.1, 0.15) is 5.56 Å². The summed E-state index contributed by atoms with van der Waals surface area (Å²) in [4.78, 5) is 3.93. The molecular weight excluding hydrogens is 216 g/mol. The van der Waals surface area contributed by atoms with E-state index in [1.54, 1.807) is 19.5 Å². The van der Waals surface area contributed by atoms with Crippen LogP contribution in [0.2, 0.25) is 0 Å². The van der Waals surface area contributed by atoms with Crippen LogP contribution < -0.4 is 15.2 Å². The van der Waals surface area contributed by atoms with E-state index in [1.165, 1.54) is 0 Å². The van der Waals surface area contributed by atoms with Crippen molar-refractivity contribution >= 4 is 5.69 Å². The number of nitrogens with two attached hydrogens (primary N) is 1. The Kier molecular flexibility index (Phi) is 3.45. The van der Waals surface area contributed by atoms with Crippen LogP contribution in [0.15, 0.2) is 42.7 Å². The normalized spacial score (nSPS) is 9.94. The van der Waals surface area contributed by atoms with Gasteiger partial charge in [-0.1, -0.05) is 12.1 Å². The van der Waals surface area contributed by atoms with Gasteiger partial charge in [0.25, 0.3) is 0 Å². The molecule has 2 rings (SSSR count). The Morgan fingerprint density at radius 3 is 2.65 bits per heavy atom. The Morgan fingerprint density at radius 1 is 1.18 bits per heavy atom. The van der Waals surface area contributed by atoms with E-state index in [0.29, 0.717) is 23.8 Å². The molecule has 88 valence electrons. The zero-order chi connectivity index (χ0) is 12.1. The van der Waals surface area contributed by atoms with Gasteiger partial charge in [0.1, 0.15) is 6.61 Å². The van der Waals surface area contributed by atoms with Gasteiger partial charge in [0.15, 0.2) is 11.5 Å². The number of para-hydroxylation sites is 2. The van der Waals surface area contributed by atoms with Crippen molar-refractivity contribution in [2.45, 2.75) is 6.61 Å². The molecule has 4 nitrogen and oxygen atoms in total. The fourth-order valence-corrected chi connectivity index (χ4v) is 1.46. The molecule has 4 heteroatoms. The third-order valence-corrected chi connectivity index (χ3v) is 2.40. The zero-order valence-corrected chi connectivity index (χ0v) is 9.59. The van der Waals surface area contributed by atoms with E-state index in [9.17, 15) is 0 Å². The van der Waals surface area contributed by atoms with Crippen LogP contribution in [0.3, 0.4) is 0 Å². The van der Waals surface area contributed by atoms with Crippen LogP contribution >= 0.6 is 0 Å². The summed E-state index contributed by atoms with van der Waals surface area (Å²) in [5, 5.41) is 0. The van der Waals surface area contributed by atoms with E-state index in [-0.39, 0.29) is 0 Å². The fourth-order valence-electron chi connectivity index (χ4n) is 1.46. The fraction of sp³-hybridized carbons (Fsp3) is 0.154. The molecular formula is C13H14N2O2. The van der Waals surface area contributed by atoms with E-state index in [0.717, 1.165) is 5.56 Å². The van der Waals surface area contributed by atoms with Crippen molar-refractivity contribution in [3.63, 3.8) is 0 Å². The van der Waals surface area contributed by atoms with Crippen molar-refractivity contribution in [2.24, 2.45) is 0 Å². The lowest BCUT2D eigenvalue weighted by molar-refractivity contribution is 0.285. The molecule has 2 aromatic rings. The third kappa shape index (κ3) is 2.66. The summed E-state index contributed by atoms with van der Waals surface area (Å²) < 4.78 is 10.9. The number of nitrogen functional groups attached to an aromatic ring is 1. The maximum atomic E-state index is 5.78. The summed E-state index contributed by atoms with van der Waals surface area (Å²) in [5.74, 6) is 1.41. The SMILES string of the molecule is COc1ccccc1OCc1ccncc1N. The number of ether oxygens (including phenoxy) is 2. The van der Waals surface area contributed by atoms with Crippen LogP contribution in [0.4, 0.5) is 5.69 Å². The molecule has 0 fully saturated rings. The third-order valence-electron chi connectivity index (χ3n) is 2.40. The van der Waals surface area contributed by atoms with Gasteiger partial charge in [-0.25, -0.2) is 0 Å². The minimum absolute atomic E-state index is 0.398. The lowest BCUT2D eigenvalue weighted by Crippen LogP contribution is -2.01. The number of benzene rings is 1. The summed E-state index contributed by atoms with van der Waals surface area (Å²) in [5.41, 5.74) is 7.32. The first-order valence-electron chi connectivity index (χ1n) is 5.25. The van der Waals surface area contributed by atoms with Crippen molar-refractivity contribution in [3.8, 4) is 11.5 Å². The number of hydrogen-bond acceptors (Lipinski definition) is 4. The second-order valence-corrected chi connectivity index (χ2v) is 3.51. The predicted octanol–water partition coefficient (Wildman–Crippen LogP) is 2.25. The number of methoxy groups -OCH3 is 1. The Bertz CT molecular complexity index is 500. The van der Waals surface area contributed by atoms with Gasteiger partial charge in [0.05, 0.1) is 19.0 Å². The zero-order valence-electron chi connectivity index (χ0n) is 9.59. The Morgan fingerprint density at radius 2 is 1.94 bits per heavy atom. The van der Waals surface area contributed by atoms with Crippen LogP contribution in [0.25, 0.3) is 0 Å². The van der Waals surface area contributed by atoms with Gasteiger partial charge in [0.2, 0.25) is 0 Å². The molecule has 0 amide bonds. The van der Waals surface area contributed by atoms with Gasteiger partial charge < -0.3 is 15.2 Å². The van der Waals surface area contributed by atoms with Crippen molar-refractivity contribution < 1.29 is 9.47 Å². The molecule has 1 aromatic carbocycles. The molecule has 1 heterocycles. The number of pyridine rings is 1. The summed E-state index contributed by atoms with van der Waals surface area (Å²) >= 11 is 0. The van der Waals surface area contributed by atoms with Crippen LogP contribution in [0.5, 0.6) is 11.5 Å². The molecule has 0 spiro atoms. The first-order chi connectivity index (χ1) is 8.31. The number of aromatic nitrogens is 1. The summed E-state index contributed by atoms with van der Waals surface area (Å²) in [6.45, 7) is 0.398. The molecule has 0 aliphatic rings. The number of hydrogen-bond donors (Lipinski definition) is 1. The number of rotatable bonds is 4. The lowest BCUT2D eigenvalue weighted by atomic mass is 10.2. The highest BCUT2D eigenvalue weighted by atomic mass is 16.5. The van der Waals surface area contributed by atoms with E-state index in [1.807, 2.05) is 30.3 Å². The van der Waals surface area contributed by atoms with Crippen LogP contribution in [-0.2, 0) is 6.61 Å². The van der Waals surface area contributed by atoms with E-state index < -0.39 is 0 Å². The monoisotopic (exact) mass is 230 g/mol. The molecule has 1 aromatic heterocycles. The van der Waals surface area contributed by atoms with Gasteiger partial charge in [-0.15, -0.1) is 0 Å². The van der Waals surface area contributed by atoms with E-state index in [4.69, 9.17) is 15.2 Å². The minimum Gasteiger partial charge on any atom is -0.493 e. The van der Waals surface area contributed by atoms with Crippen molar-refractivity contribution in [3.05, 3.63) is 48.3 Å². The lowest BCUT2D eigenvalue weighted by Gasteiger charge is -2.11. The summed E-state index contributed by atoms with van der Waals surface area (Å²) in [6, 6.07) is 9.34. The predicted molar refractivity (Wildman–Crippen MR) is 66.0 cm³/mol. The standard InChI is InChI=1S/C13H14N2O2/c1-16-12-4-2-3-5-13(12)17-9-10-6-7-15-8-11(10)14/h2-8H,9,14H2,1H3. The van der Waals surface area contributed by atoms with Crippen molar-refractivity contribution in [1.29, 1.82) is 0 Å². The smallest absolute Gasteiger partial charge is 0.161 e. The van der Waals surface area contributed by atoms with Crippen LogP contribution in [0, 0.1) is 0 Å². The Hall–Kier alpha value is -2.23. The summed E-state index contributed by atoms with van der Waals surface area (Å²) in [7, 11) is 1.61. The van der Waals surface area contributed by atoms with Gasteiger partial charge in [-0.05, 0) is 18.2 Å². The van der Waals surface area contributed by atoms with E-state index >= 15 is 0 Å². The summed E-state index contributed by atoms with van der Waals surface area (Å²) in [6.07, 6.45) is 3.30. The Labute approximate surface area is 100 Å².